The molecule has 0 atom stereocenters. The van der Waals surface area contributed by atoms with E-state index in [1.807, 2.05) is 13.0 Å². The monoisotopic (exact) mass is 323 g/mol. The van der Waals surface area contributed by atoms with Crippen LogP contribution in [0.2, 0.25) is 0 Å². The van der Waals surface area contributed by atoms with E-state index < -0.39 is 0 Å². The zero-order valence-corrected chi connectivity index (χ0v) is 15.2. The molecule has 0 aromatic heterocycles. The molecule has 0 saturated heterocycles. The maximum atomic E-state index is 5.80. The Morgan fingerprint density at radius 3 is 2.52 bits per heavy atom. The van der Waals surface area contributed by atoms with Gasteiger partial charge in [-0.2, -0.15) is 0 Å². The Hall–Kier alpha value is -1.26. The summed E-state index contributed by atoms with van der Waals surface area (Å²) in [7, 11) is 0. The predicted molar refractivity (Wildman–Crippen MR) is 95.4 cm³/mol. The minimum absolute atomic E-state index is 0.309. The van der Waals surface area contributed by atoms with Gasteiger partial charge in [0.1, 0.15) is 0 Å². The second kappa shape index (κ2) is 12.2. The summed E-state index contributed by atoms with van der Waals surface area (Å²) in [6.45, 7) is 12.3. The molecule has 0 radical (unpaired) electrons. The fourth-order valence-corrected chi connectivity index (χ4v) is 2.13. The van der Waals surface area contributed by atoms with Crippen molar-refractivity contribution in [2.24, 2.45) is 0 Å². The van der Waals surface area contributed by atoms with Crippen molar-refractivity contribution in [2.45, 2.75) is 59.6 Å². The van der Waals surface area contributed by atoms with E-state index in [-0.39, 0.29) is 0 Å². The number of benzene rings is 1. The third-order valence-electron chi connectivity index (χ3n) is 3.34. The molecule has 0 bridgehead atoms. The topological polar surface area (TPSA) is 39.7 Å². The average molecular weight is 323 g/mol. The lowest BCUT2D eigenvalue weighted by Gasteiger charge is -2.14. The van der Waals surface area contributed by atoms with Crippen LogP contribution in [0.25, 0.3) is 0 Å². The molecule has 1 aromatic carbocycles. The SMILES string of the molecule is CCCCOc1ccc(CNCCCOC(C)C)cc1OCC. The normalized spacial score (nSPS) is 11.0. The molecule has 0 aliphatic rings. The summed E-state index contributed by atoms with van der Waals surface area (Å²) in [5.74, 6) is 1.68. The van der Waals surface area contributed by atoms with Crippen molar-refractivity contribution in [2.75, 3.05) is 26.4 Å². The Morgan fingerprint density at radius 2 is 1.83 bits per heavy atom. The number of hydrogen-bond acceptors (Lipinski definition) is 4. The van der Waals surface area contributed by atoms with Crippen LogP contribution < -0.4 is 14.8 Å². The van der Waals surface area contributed by atoms with Gasteiger partial charge in [-0.05, 0) is 57.9 Å². The lowest BCUT2D eigenvalue weighted by atomic mass is 10.2. The van der Waals surface area contributed by atoms with E-state index in [1.165, 1.54) is 5.56 Å². The van der Waals surface area contributed by atoms with E-state index in [1.54, 1.807) is 0 Å². The number of unbranched alkanes of at least 4 members (excludes halogenated alkanes) is 1. The van der Waals surface area contributed by atoms with Gasteiger partial charge >= 0.3 is 0 Å². The van der Waals surface area contributed by atoms with E-state index in [4.69, 9.17) is 14.2 Å². The Bertz CT molecular complexity index is 421. The highest BCUT2D eigenvalue weighted by Gasteiger charge is 2.06. The molecule has 23 heavy (non-hydrogen) atoms. The summed E-state index contributed by atoms with van der Waals surface area (Å²) >= 11 is 0. The molecule has 0 fully saturated rings. The highest BCUT2D eigenvalue weighted by atomic mass is 16.5. The largest absolute Gasteiger partial charge is 0.490 e. The van der Waals surface area contributed by atoms with Crippen molar-refractivity contribution in [3.8, 4) is 11.5 Å². The van der Waals surface area contributed by atoms with Crippen molar-refractivity contribution in [3.05, 3.63) is 23.8 Å². The molecule has 1 rings (SSSR count). The number of rotatable bonds is 13. The first-order valence-electron chi connectivity index (χ1n) is 8.88. The lowest BCUT2D eigenvalue weighted by Crippen LogP contribution is -2.17. The Labute approximate surface area is 141 Å². The summed E-state index contributed by atoms with van der Waals surface area (Å²) in [6.07, 6.45) is 3.53. The number of hydrogen-bond donors (Lipinski definition) is 1. The van der Waals surface area contributed by atoms with Gasteiger partial charge in [0, 0.05) is 13.2 Å². The van der Waals surface area contributed by atoms with E-state index in [0.29, 0.717) is 12.7 Å². The van der Waals surface area contributed by atoms with E-state index in [0.717, 1.165) is 57.1 Å². The van der Waals surface area contributed by atoms with Gasteiger partial charge in [-0.25, -0.2) is 0 Å². The van der Waals surface area contributed by atoms with Crippen LogP contribution in [0.5, 0.6) is 11.5 Å². The second-order valence-corrected chi connectivity index (χ2v) is 5.87. The maximum Gasteiger partial charge on any atom is 0.161 e. The van der Waals surface area contributed by atoms with Crippen LogP contribution in [-0.4, -0.2) is 32.5 Å². The molecular weight excluding hydrogens is 290 g/mol. The third kappa shape index (κ3) is 8.82. The summed E-state index contributed by atoms with van der Waals surface area (Å²) < 4.78 is 17.0. The minimum Gasteiger partial charge on any atom is -0.490 e. The first-order valence-corrected chi connectivity index (χ1v) is 8.88. The van der Waals surface area contributed by atoms with Crippen LogP contribution in [0.15, 0.2) is 18.2 Å². The number of ether oxygens (including phenoxy) is 3. The molecule has 1 N–H and O–H groups in total. The van der Waals surface area contributed by atoms with Crippen LogP contribution in [0.4, 0.5) is 0 Å². The zero-order valence-electron chi connectivity index (χ0n) is 15.2. The third-order valence-corrected chi connectivity index (χ3v) is 3.34. The summed E-state index contributed by atoms with van der Waals surface area (Å²) in [5.41, 5.74) is 1.21. The molecule has 0 unspecified atom stereocenters. The van der Waals surface area contributed by atoms with E-state index >= 15 is 0 Å². The molecular formula is C19H33NO3. The van der Waals surface area contributed by atoms with Gasteiger partial charge in [-0.1, -0.05) is 19.4 Å². The van der Waals surface area contributed by atoms with Crippen LogP contribution >= 0.6 is 0 Å². The van der Waals surface area contributed by atoms with Crippen molar-refractivity contribution in [1.82, 2.24) is 5.32 Å². The van der Waals surface area contributed by atoms with Gasteiger partial charge < -0.3 is 19.5 Å². The summed E-state index contributed by atoms with van der Waals surface area (Å²) in [5, 5.41) is 3.44. The predicted octanol–water partition coefficient (Wildman–Crippen LogP) is 4.17. The second-order valence-electron chi connectivity index (χ2n) is 5.87. The maximum absolute atomic E-state index is 5.80. The molecule has 0 aliphatic heterocycles. The van der Waals surface area contributed by atoms with E-state index in [9.17, 15) is 0 Å². The van der Waals surface area contributed by atoms with Crippen molar-refractivity contribution < 1.29 is 14.2 Å². The summed E-state index contributed by atoms with van der Waals surface area (Å²) in [4.78, 5) is 0. The average Bonchev–Trinajstić information content (AvgIpc) is 2.53. The van der Waals surface area contributed by atoms with Gasteiger partial charge in [0.05, 0.1) is 19.3 Å². The standard InChI is InChI=1S/C19H33NO3/c1-5-7-12-23-18-10-9-17(14-19(18)21-6-2)15-20-11-8-13-22-16(3)4/h9-10,14,16,20H,5-8,11-13,15H2,1-4H3. The van der Waals surface area contributed by atoms with Gasteiger partial charge in [-0.3, -0.25) is 0 Å². The van der Waals surface area contributed by atoms with Gasteiger partial charge in [0.25, 0.3) is 0 Å². The van der Waals surface area contributed by atoms with Gasteiger partial charge in [0.2, 0.25) is 0 Å². The highest BCUT2D eigenvalue weighted by molar-refractivity contribution is 5.43. The molecule has 0 spiro atoms. The fourth-order valence-electron chi connectivity index (χ4n) is 2.13. The van der Waals surface area contributed by atoms with Crippen LogP contribution in [0, 0.1) is 0 Å². The van der Waals surface area contributed by atoms with Crippen molar-refractivity contribution >= 4 is 0 Å². The van der Waals surface area contributed by atoms with Crippen LogP contribution in [0.1, 0.15) is 52.5 Å². The smallest absolute Gasteiger partial charge is 0.161 e. The van der Waals surface area contributed by atoms with Crippen molar-refractivity contribution in [1.29, 1.82) is 0 Å². The van der Waals surface area contributed by atoms with Gasteiger partial charge in [0.15, 0.2) is 11.5 Å². The molecule has 0 heterocycles. The van der Waals surface area contributed by atoms with Crippen LogP contribution in [0.3, 0.4) is 0 Å². The molecule has 0 saturated carbocycles. The molecule has 132 valence electrons. The Balaban J connectivity index is 2.41. The minimum atomic E-state index is 0.309. The Kier molecular flexibility index (Phi) is 10.5. The molecule has 4 nitrogen and oxygen atoms in total. The lowest BCUT2D eigenvalue weighted by molar-refractivity contribution is 0.0770. The summed E-state index contributed by atoms with van der Waals surface area (Å²) in [6, 6.07) is 6.18. The first-order chi connectivity index (χ1) is 11.2. The van der Waals surface area contributed by atoms with E-state index in [2.05, 4.69) is 38.2 Å². The molecule has 0 amide bonds. The number of nitrogens with one attached hydrogen (secondary N) is 1. The van der Waals surface area contributed by atoms with Gasteiger partial charge in [-0.15, -0.1) is 0 Å². The fraction of sp³-hybridized carbons (Fsp3) is 0.684. The van der Waals surface area contributed by atoms with Crippen LogP contribution in [-0.2, 0) is 11.3 Å². The molecule has 1 aromatic rings. The quantitative estimate of drug-likeness (QED) is 0.553. The van der Waals surface area contributed by atoms with Crippen molar-refractivity contribution in [3.63, 3.8) is 0 Å². The highest BCUT2D eigenvalue weighted by Crippen LogP contribution is 2.28. The zero-order chi connectivity index (χ0) is 16.9. The first kappa shape index (κ1) is 19.8. The molecule has 4 heteroatoms. The molecule has 0 aliphatic carbocycles. The Morgan fingerprint density at radius 1 is 1.00 bits per heavy atom.